The van der Waals surface area contributed by atoms with E-state index in [4.69, 9.17) is 0 Å². The molecule has 0 aromatic carbocycles. The van der Waals surface area contributed by atoms with Crippen molar-refractivity contribution >= 4 is 11.8 Å². The van der Waals surface area contributed by atoms with Crippen molar-refractivity contribution in [3.05, 3.63) is 42.7 Å². The van der Waals surface area contributed by atoms with Gasteiger partial charge in [0.15, 0.2) is 12.4 Å². The summed E-state index contributed by atoms with van der Waals surface area (Å²) in [5, 5.41) is 0. The third-order valence-corrected chi connectivity index (χ3v) is 6.23. The largest absolute Gasteiger partial charge is 0.275 e. The first kappa shape index (κ1) is 25.3. The zero-order chi connectivity index (χ0) is 22.0. The van der Waals surface area contributed by atoms with E-state index in [-0.39, 0.29) is 11.8 Å². The summed E-state index contributed by atoms with van der Waals surface area (Å²) in [7, 11) is 0. The second-order valence-electron chi connectivity index (χ2n) is 8.93. The number of amides is 2. The van der Waals surface area contributed by atoms with Crippen LogP contribution in [0.3, 0.4) is 0 Å². The Morgan fingerprint density at radius 3 is 1.35 bits per heavy atom. The van der Waals surface area contributed by atoms with Gasteiger partial charge in [0.05, 0.1) is 0 Å². The van der Waals surface area contributed by atoms with Gasteiger partial charge in [0.2, 0.25) is 0 Å². The van der Waals surface area contributed by atoms with Gasteiger partial charge in [-0.3, -0.25) is 14.5 Å². The number of carbonyl (C=O) groups excluding carboxylic acids is 2. The molecule has 0 atom stereocenters. The van der Waals surface area contributed by atoms with Gasteiger partial charge in [-0.15, -0.1) is 0 Å². The Hall–Kier alpha value is -1.97. The number of hydrogen-bond donors (Lipinski definition) is 0. The molecule has 0 spiro atoms. The fraction of sp³-hybridized carbons (Fsp3) is 0.667. The molecule has 1 aromatic rings. The van der Waals surface area contributed by atoms with Gasteiger partial charge in [-0.2, -0.15) is 0 Å². The maximum Gasteiger partial charge on any atom is 0.253 e. The lowest BCUT2D eigenvalue weighted by molar-refractivity contribution is -0.697. The first-order valence-corrected chi connectivity index (χ1v) is 12.7. The molecule has 0 aliphatic carbocycles. The predicted molar refractivity (Wildman–Crippen MR) is 126 cm³/mol. The second kappa shape index (κ2) is 16.7. The zero-order valence-corrected chi connectivity index (χ0v) is 19.5. The highest BCUT2D eigenvalue weighted by molar-refractivity contribution is 6.12. The van der Waals surface area contributed by atoms with Crippen LogP contribution in [-0.4, -0.2) is 23.3 Å². The molecule has 2 amide bonds. The minimum absolute atomic E-state index is 0.150. The molecule has 1 aromatic heterocycles. The molecule has 31 heavy (non-hydrogen) atoms. The molecule has 4 nitrogen and oxygen atoms in total. The zero-order valence-electron chi connectivity index (χ0n) is 19.5. The maximum absolute atomic E-state index is 11.5. The lowest BCUT2D eigenvalue weighted by atomic mass is 10.0. The van der Waals surface area contributed by atoms with Crippen LogP contribution in [0.2, 0.25) is 0 Å². The number of hydrogen-bond acceptors (Lipinski definition) is 2. The van der Waals surface area contributed by atoms with E-state index in [9.17, 15) is 9.59 Å². The van der Waals surface area contributed by atoms with Crippen LogP contribution in [0.25, 0.3) is 0 Å². The van der Waals surface area contributed by atoms with Crippen molar-refractivity contribution in [1.29, 1.82) is 0 Å². The highest BCUT2D eigenvalue weighted by Gasteiger charge is 2.21. The van der Waals surface area contributed by atoms with E-state index in [1.165, 1.54) is 107 Å². The highest BCUT2D eigenvalue weighted by Crippen LogP contribution is 2.14. The van der Waals surface area contributed by atoms with Crippen molar-refractivity contribution in [2.75, 3.05) is 6.54 Å². The van der Waals surface area contributed by atoms with Crippen molar-refractivity contribution in [1.82, 2.24) is 4.90 Å². The number of imide groups is 1. The first-order chi connectivity index (χ1) is 15.3. The molecule has 0 N–H and O–H groups in total. The number of aromatic nitrogens is 1. The highest BCUT2D eigenvalue weighted by atomic mass is 16.2. The summed E-state index contributed by atoms with van der Waals surface area (Å²) < 4.78 is 2.28. The van der Waals surface area contributed by atoms with Crippen molar-refractivity contribution in [2.45, 2.75) is 109 Å². The van der Waals surface area contributed by atoms with Crippen LogP contribution in [0.5, 0.6) is 0 Å². The normalized spacial score (nSPS) is 13.5. The van der Waals surface area contributed by atoms with Gasteiger partial charge in [0, 0.05) is 37.3 Å². The van der Waals surface area contributed by atoms with Crippen LogP contribution >= 0.6 is 0 Å². The summed E-state index contributed by atoms with van der Waals surface area (Å²) in [5.74, 6) is -0.300. The van der Waals surface area contributed by atoms with Gasteiger partial charge in [0.25, 0.3) is 11.8 Å². The molecule has 0 fully saturated rings. The molecule has 4 heteroatoms. The lowest BCUT2D eigenvalue weighted by Gasteiger charge is -2.12. The first-order valence-electron chi connectivity index (χ1n) is 12.7. The van der Waals surface area contributed by atoms with E-state index >= 15 is 0 Å². The summed E-state index contributed by atoms with van der Waals surface area (Å²) >= 11 is 0. The number of pyridine rings is 1. The third-order valence-electron chi connectivity index (χ3n) is 6.23. The van der Waals surface area contributed by atoms with E-state index in [1.54, 1.807) is 0 Å². The van der Waals surface area contributed by atoms with E-state index in [0.717, 1.165) is 19.4 Å². The molecule has 2 rings (SSSR count). The summed E-state index contributed by atoms with van der Waals surface area (Å²) in [6, 6.07) is 6.28. The summed E-state index contributed by atoms with van der Waals surface area (Å²) in [6.07, 6.45) is 28.1. The number of unbranched alkanes of at least 4 members (excludes halogenated alkanes) is 15. The Balaban J connectivity index is 1.24. The Labute approximate surface area is 189 Å². The van der Waals surface area contributed by atoms with Gasteiger partial charge in [0.1, 0.15) is 6.54 Å². The molecular weight excluding hydrogens is 384 g/mol. The summed E-state index contributed by atoms with van der Waals surface area (Å²) in [6.45, 7) is 1.73. The SMILES string of the molecule is O=C1C=CC(=O)N1CCCCCCCCCCCCCCCCCC[n+]1ccccc1. The Bertz CT molecular complexity index is 624. The van der Waals surface area contributed by atoms with Gasteiger partial charge in [-0.1, -0.05) is 89.5 Å². The van der Waals surface area contributed by atoms with E-state index < -0.39 is 0 Å². The molecule has 0 saturated heterocycles. The molecule has 1 aliphatic heterocycles. The van der Waals surface area contributed by atoms with Crippen molar-refractivity contribution in [2.24, 2.45) is 0 Å². The smallest absolute Gasteiger partial charge is 0.253 e. The quantitative estimate of drug-likeness (QED) is 0.151. The van der Waals surface area contributed by atoms with Crippen LogP contribution in [0.4, 0.5) is 0 Å². The minimum atomic E-state index is -0.150. The monoisotopic (exact) mass is 427 g/mol. The van der Waals surface area contributed by atoms with Crippen molar-refractivity contribution in [3.8, 4) is 0 Å². The Morgan fingerprint density at radius 1 is 0.516 bits per heavy atom. The third kappa shape index (κ3) is 11.9. The molecule has 2 heterocycles. The number of carbonyl (C=O) groups is 2. The van der Waals surface area contributed by atoms with Crippen LogP contribution in [0.15, 0.2) is 42.7 Å². The molecule has 0 unspecified atom stereocenters. The lowest BCUT2D eigenvalue weighted by Crippen LogP contribution is -2.32. The van der Waals surface area contributed by atoms with Crippen LogP contribution in [-0.2, 0) is 16.1 Å². The molecular formula is C27H43N2O2+. The topological polar surface area (TPSA) is 41.3 Å². The molecule has 0 bridgehead atoms. The molecule has 172 valence electrons. The van der Waals surface area contributed by atoms with Gasteiger partial charge >= 0.3 is 0 Å². The van der Waals surface area contributed by atoms with Crippen molar-refractivity contribution < 1.29 is 14.2 Å². The summed E-state index contributed by atoms with van der Waals surface area (Å²) in [5.41, 5.74) is 0. The van der Waals surface area contributed by atoms with Crippen molar-refractivity contribution in [3.63, 3.8) is 0 Å². The van der Waals surface area contributed by atoms with Crippen LogP contribution in [0.1, 0.15) is 103 Å². The molecule has 1 aliphatic rings. The molecule has 0 radical (unpaired) electrons. The summed E-state index contributed by atoms with van der Waals surface area (Å²) in [4.78, 5) is 24.3. The number of nitrogens with zero attached hydrogens (tertiary/aromatic N) is 2. The maximum atomic E-state index is 11.5. The Kier molecular flexibility index (Phi) is 13.6. The van der Waals surface area contributed by atoms with E-state index in [1.807, 2.05) is 0 Å². The average molecular weight is 428 g/mol. The van der Waals surface area contributed by atoms with Gasteiger partial charge < -0.3 is 0 Å². The number of aryl methyl sites for hydroxylation is 1. The number of rotatable bonds is 19. The van der Waals surface area contributed by atoms with E-state index in [2.05, 4.69) is 35.2 Å². The standard InChI is InChI=1S/C27H43N2O2/c30-26-20-21-27(31)29(26)25-19-14-12-10-8-6-4-2-1-3-5-7-9-11-13-16-22-28-23-17-15-18-24-28/h15,17-18,20-21,23-24H,1-14,16,19,22,25H2/q+1. The molecule has 0 saturated carbocycles. The minimum Gasteiger partial charge on any atom is -0.275 e. The van der Waals surface area contributed by atoms with E-state index in [0.29, 0.717) is 6.54 Å². The fourth-order valence-electron chi connectivity index (χ4n) is 4.27. The average Bonchev–Trinajstić information content (AvgIpc) is 3.11. The van der Waals surface area contributed by atoms with Crippen LogP contribution < -0.4 is 4.57 Å². The second-order valence-corrected chi connectivity index (χ2v) is 8.93. The predicted octanol–water partition coefficient (Wildman–Crippen LogP) is 6.14. The van der Waals surface area contributed by atoms with Gasteiger partial charge in [-0.05, 0) is 12.8 Å². The van der Waals surface area contributed by atoms with Gasteiger partial charge in [-0.25, -0.2) is 4.57 Å². The fourth-order valence-corrected chi connectivity index (χ4v) is 4.27. The van der Waals surface area contributed by atoms with Crippen LogP contribution in [0, 0.1) is 0 Å². The Morgan fingerprint density at radius 2 is 0.903 bits per heavy atom.